The zero-order valence-electron chi connectivity index (χ0n) is 15.1. The molecule has 0 spiro atoms. The van der Waals surface area contributed by atoms with Gasteiger partial charge in [0.25, 0.3) is 5.69 Å². The second-order valence-electron chi connectivity index (χ2n) is 5.89. The molecule has 0 aliphatic carbocycles. The minimum absolute atomic E-state index is 0.0482. The van der Waals surface area contributed by atoms with E-state index >= 15 is 0 Å². The van der Waals surface area contributed by atoms with Gasteiger partial charge in [-0.3, -0.25) is 14.9 Å². The molecule has 0 fully saturated rings. The number of hydrogen-bond acceptors (Lipinski definition) is 7. The SMILES string of the molecule is Cn1c(SCC(=O)Nc2ccc(C(=O)O)cc2)nnc1-c1cccc([N+](=O)[O-])c1. The fourth-order valence-electron chi connectivity index (χ4n) is 2.47. The normalized spacial score (nSPS) is 10.5. The summed E-state index contributed by atoms with van der Waals surface area (Å²) in [5.74, 6) is -0.833. The van der Waals surface area contributed by atoms with Crippen LogP contribution in [0, 0.1) is 10.1 Å². The molecular formula is C18H15N5O5S. The summed E-state index contributed by atoms with van der Waals surface area (Å²) in [6.45, 7) is 0. The number of anilines is 1. The number of carbonyl (C=O) groups excluding carboxylic acids is 1. The van der Waals surface area contributed by atoms with Gasteiger partial charge in [-0.05, 0) is 24.3 Å². The zero-order chi connectivity index (χ0) is 21.0. The molecule has 0 bridgehead atoms. The first-order chi connectivity index (χ1) is 13.8. The standard InChI is InChI=1S/C18H15N5O5S/c1-22-16(12-3-2-4-14(9-12)23(27)28)20-21-18(22)29-10-15(24)19-13-7-5-11(6-8-13)17(25)26/h2-9H,10H2,1H3,(H,19,24)(H,25,26). The van der Waals surface area contributed by atoms with Crippen molar-refractivity contribution >= 4 is 35.0 Å². The lowest BCUT2D eigenvalue weighted by Crippen LogP contribution is -2.14. The van der Waals surface area contributed by atoms with Crippen molar-refractivity contribution in [3.8, 4) is 11.4 Å². The summed E-state index contributed by atoms with van der Waals surface area (Å²) in [5, 5.41) is 31.1. The summed E-state index contributed by atoms with van der Waals surface area (Å²) in [7, 11) is 1.71. The average Bonchev–Trinajstić information content (AvgIpc) is 3.07. The number of aromatic carboxylic acids is 1. The van der Waals surface area contributed by atoms with E-state index in [0.29, 0.717) is 22.2 Å². The van der Waals surface area contributed by atoms with Gasteiger partial charge in [-0.15, -0.1) is 10.2 Å². The molecule has 3 aromatic rings. The van der Waals surface area contributed by atoms with Crippen molar-refractivity contribution < 1.29 is 19.6 Å². The topological polar surface area (TPSA) is 140 Å². The van der Waals surface area contributed by atoms with Crippen LogP contribution in [-0.2, 0) is 11.8 Å². The molecule has 3 rings (SSSR count). The molecule has 11 heteroatoms. The molecule has 1 amide bonds. The third-order valence-electron chi connectivity index (χ3n) is 3.90. The van der Waals surface area contributed by atoms with E-state index in [9.17, 15) is 19.7 Å². The summed E-state index contributed by atoms with van der Waals surface area (Å²) in [5.41, 5.74) is 1.11. The second kappa shape index (κ2) is 8.52. The van der Waals surface area contributed by atoms with Gasteiger partial charge in [-0.1, -0.05) is 23.9 Å². The maximum atomic E-state index is 12.1. The smallest absolute Gasteiger partial charge is 0.335 e. The highest BCUT2D eigenvalue weighted by Gasteiger charge is 2.15. The van der Waals surface area contributed by atoms with Gasteiger partial charge >= 0.3 is 5.97 Å². The maximum absolute atomic E-state index is 12.1. The quantitative estimate of drug-likeness (QED) is 0.342. The van der Waals surface area contributed by atoms with Gasteiger partial charge in [0, 0.05) is 30.4 Å². The van der Waals surface area contributed by atoms with E-state index < -0.39 is 10.9 Å². The van der Waals surface area contributed by atoms with Crippen LogP contribution in [0.4, 0.5) is 11.4 Å². The number of nitrogens with zero attached hydrogens (tertiary/aromatic N) is 4. The van der Waals surface area contributed by atoms with Crippen LogP contribution >= 0.6 is 11.8 Å². The molecule has 148 valence electrons. The number of aromatic nitrogens is 3. The molecule has 0 atom stereocenters. The van der Waals surface area contributed by atoms with Crippen molar-refractivity contribution in [3.05, 3.63) is 64.2 Å². The van der Waals surface area contributed by atoms with Gasteiger partial charge in [0.2, 0.25) is 5.91 Å². The number of carboxylic acid groups (broad SMARTS) is 1. The summed E-state index contributed by atoms with van der Waals surface area (Å²) in [4.78, 5) is 33.4. The largest absolute Gasteiger partial charge is 0.478 e. The van der Waals surface area contributed by atoms with Crippen LogP contribution in [0.15, 0.2) is 53.7 Å². The van der Waals surface area contributed by atoms with Crippen molar-refractivity contribution in [2.45, 2.75) is 5.16 Å². The van der Waals surface area contributed by atoms with E-state index in [2.05, 4.69) is 15.5 Å². The van der Waals surface area contributed by atoms with E-state index in [1.165, 1.54) is 36.4 Å². The lowest BCUT2D eigenvalue weighted by Gasteiger charge is -2.06. The van der Waals surface area contributed by atoms with Gasteiger partial charge in [0.15, 0.2) is 11.0 Å². The third kappa shape index (κ3) is 4.76. The van der Waals surface area contributed by atoms with Gasteiger partial charge in [0.05, 0.1) is 16.2 Å². The molecular weight excluding hydrogens is 398 g/mol. The van der Waals surface area contributed by atoms with E-state index in [1.807, 2.05) is 0 Å². The lowest BCUT2D eigenvalue weighted by molar-refractivity contribution is -0.384. The Hall–Kier alpha value is -3.73. The first kappa shape index (κ1) is 20.0. The Labute approximate surface area is 168 Å². The molecule has 0 radical (unpaired) electrons. The summed E-state index contributed by atoms with van der Waals surface area (Å²) in [6, 6.07) is 11.9. The van der Waals surface area contributed by atoms with Crippen LogP contribution in [0.25, 0.3) is 11.4 Å². The highest BCUT2D eigenvalue weighted by atomic mass is 32.2. The minimum atomic E-state index is -1.04. The van der Waals surface area contributed by atoms with Crippen molar-refractivity contribution in [3.63, 3.8) is 0 Å². The molecule has 1 heterocycles. The minimum Gasteiger partial charge on any atom is -0.478 e. The highest BCUT2D eigenvalue weighted by Crippen LogP contribution is 2.25. The molecule has 2 N–H and O–H groups in total. The number of hydrogen-bond donors (Lipinski definition) is 2. The molecule has 0 aliphatic heterocycles. The Balaban J connectivity index is 1.64. The van der Waals surface area contributed by atoms with Crippen molar-refractivity contribution in [2.24, 2.45) is 7.05 Å². The Morgan fingerprint density at radius 3 is 2.59 bits per heavy atom. The maximum Gasteiger partial charge on any atom is 0.335 e. The molecule has 0 saturated heterocycles. The number of carboxylic acids is 1. The predicted molar refractivity (Wildman–Crippen MR) is 106 cm³/mol. The number of nitrogens with one attached hydrogen (secondary N) is 1. The number of carbonyl (C=O) groups is 2. The number of thioether (sulfide) groups is 1. The highest BCUT2D eigenvalue weighted by molar-refractivity contribution is 7.99. The molecule has 1 aromatic heterocycles. The summed E-state index contributed by atoms with van der Waals surface area (Å²) in [6.07, 6.45) is 0. The van der Waals surface area contributed by atoms with Crippen molar-refractivity contribution in [1.82, 2.24) is 14.8 Å². The number of nitro benzene ring substituents is 1. The molecule has 2 aromatic carbocycles. The third-order valence-corrected chi connectivity index (χ3v) is 4.92. The van der Waals surface area contributed by atoms with Crippen LogP contribution in [0.2, 0.25) is 0 Å². The Bertz CT molecular complexity index is 1080. The fourth-order valence-corrected chi connectivity index (χ4v) is 3.18. The first-order valence-corrected chi connectivity index (χ1v) is 9.24. The van der Waals surface area contributed by atoms with Crippen LogP contribution in [0.5, 0.6) is 0 Å². The summed E-state index contributed by atoms with van der Waals surface area (Å²) < 4.78 is 1.65. The number of benzene rings is 2. The van der Waals surface area contributed by atoms with Crippen molar-refractivity contribution in [2.75, 3.05) is 11.1 Å². The van der Waals surface area contributed by atoms with E-state index in [4.69, 9.17) is 5.11 Å². The van der Waals surface area contributed by atoms with E-state index in [-0.39, 0.29) is 22.9 Å². The zero-order valence-corrected chi connectivity index (χ0v) is 15.9. The number of non-ortho nitro benzene ring substituents is 1. The Kier molecular flexibility index (Phi) is 5.88. The first-order valence-electron chi connectivity index (χ1n) is 8.25. The monoisotopic (exact) mass is 413 g/mol. The van der Waals surface area contributed by atoms with Crippen LogP contribution in [0.3, 0.4) is 0 Å². The van der Waals surface area contributed by atoms with Gasteiger partial charge in [-0.2, -0.15) is 0 Å². The van der Waals surface area contributed by atoms with Gasteiger partial charge in [0.1, 0.15) is 0 Å². The van der Waals surface area contributed by atoms with Crippen molar-refractivity contribution in [1.29, 1.82) is 0 Å². The number of nitro groups is 1. The molecule has 0 unspecified atom stereocenters. The predicted octanol–water partition coefficient (Wildman–Crippen LogP) is 2.82. The van der Waals surface area contributed by atoms with Gasteiger partial charge in [-0.25, -0.2) is 4.79 Å². The molecule has 10 nitrogen and oxygen atoms in total. The van der Waals surface area contributed by atoms with Gasteiger partial charge < -0.3 is 15.0 Å². The average molecular weight is 413 g/mol. The second-order valence-corrected chi connectivity index (χ2v) is 6.83. The Morgan fingerprint density at radius 2 is 1.93 bits per heavy atom. The number of rotatable bonds is 7. The molecule has 0 aliphatic rings. The van der Waals surface area contributed by atoms with E-state index in [0.717, 1.165) is 11.8 Å². The van der Waals surface area contributed by atoms with Crippen LogP contribution in [-0.4, -0.2) is 42.4 Å². The van der Waals surface area contributed by atoms with E-state index in [1.54, 1.807) is 23.7 Å². The lowest BCUT2D eigenvalue weighted by atomic mass is 10.2. The summed E-state index contributed by atoms with van der Waals surface area (Å²) >= 11 is 1.16. The number of amides is 1. The molecule has 29 heavy (non-hydrogen) atoms. The fraction of sp³-hybridized carbons (Fsp3) is 0.111. The van der Waals surface area contributed by atoms with Crippen LogP contribution < -0.4 is 5.32 Å². The van der Waals surface area contributed by atoms with Crippen LogP contribution in [0.1, 0.15) is 10.4 Å². The molecule has 0 saturated carbocycles. The Morgan fingerprint density at radius 1 is 1.21 bits per heavy atom.